The maximum Gasteiger partial charge on any atom is 0.245 e. The van der Waals surface area contributed by atoms with Crippen LogP contribution >= 0.6 is 0 Å². The number of amides is 15. The highest BCUT2D eigenvalue weighted by Gasteiger charge is 2.38. The van der Waals surface area contributed by atoms with Crippen LogP contribution in [0.5, 0.6) is 0 Å². The van der Waals surface area contributed by atoms with Crippen LogP contribution in [-0.4, -0.2) is 192 Å². The lowest BCUT2D eigenvalue weighted by Crippen LogP contribution is -2.59. The van der Waals surface area contributed by atoms with Gasteiger partial charge in [0.25, 0.3) is 0 Å². The van der Waals surface area contributed by atoms with Crippen molar-refractivity contribution in [3.63, 3.8) is 0 Å². The van der Waals surface area contributed by atoms with Gasteiger partial charge in [0.2, 0.25) is 88.6 Å². The van der Waals surface area contributed by atoms with Gasteiger partial charge >= 0.3 is 0 Å². The zero-order chi connectivity index (χ0) is 58.8. The fourth-order valence-electron chi connectivity index (χ4n) is 7.31. The number of rotatable bonds is 3. The van der Waals surface area contributed by atoms with Crippen LogP contribution in [0.25, 0.3) is 0 Å². The molecule has 0 aromatic carbocycles. The smallest absolute Gasteiger partial charge is 0.245 e. The van der Waals surface area contributed by atoms with Gasteiger partial charge in [0, 0.05) is 20.0 Å². The van der Waals surface area contributed by atoms with Gasteiger partial charge in [-0.3, -0.25) is 71.9 Å². The van der Waals surface area contributed by atoms with Gasteiger partial charge in [-0.1, -0.05) is 0 Å². The third kappa shape index (κ3) is 20.3. The lowest BCUT2D eigenvalue weighted by atomic mass is 10.1. The van der Waals surface area contributed by atoms with Gasteiger partial charge in [-0.2, -0.15) is 0 Å². The van der Waals surface area contributed by atoms with Gasteiger partial charge < -0.3 is 79.3 Å². The van der Waals surface area contributed by atoms with Gasteiger partial charge in [-0.25, -0.2) is 0 Å². The summed E-state index contributed by atoms with van der Waals surface area (Å²) in [5.74, 6) is -11.9. The standard InChI is InChI=1S/C47H77N15O15/c1-19-35(65)52-22(4)39(69)56-26(8)43(73)60-30(12)47(77)62-18-14-15-32(62)46(76)59-28(10)42(72)55-24(6)38(68)51-21(3)36(66)53-25(7)40(70)57-29(11)44(74)61-31(16-17-33(63)48-13)45(75)58-27(9)41(71)54-23(5)37(67)50-20(2)34(64)49-19/h19-32H,14-18H2,1-13H3,(H,48,63)(H,49,64)(H,50,67)(H,51,68)(H,52,65)(H,53,66)(H,54,71)(H,55,72)(H,56,69)(H,57,70)(H,58,75)(H,59,76)(H,60,73)(H,61,74)/t19-,20-,21-,22-,23-,24-,25-,26-,27-,28-,29-,30-,31-,32-/m0/s1. The van der Waals surface area contributed by atoms with Crippen LogP contribution in [0.1, 0.15) is 109 Å². The van der Waals surface area contributed by atoms with Crippen LogP contribution < -0.4 is 74.4 Å². The lowest BCUT2D eigenvalue weighted by molar-refractivity contribution is -0.142. The van der Waals surface area contributed by atoms with Crippen LogP contribution in [0.15, 0.2) is 0 Å². The molecule has 14 N–H and O–H groups in total. The first kappa shape index (κ1) is 65.2. The number of carbonyl (C=O) groups excluding carboxylic acids is 15. The normalized spacial score (nSPS) is 31.8. The first-order chi connectivity index (χ1) is 35.8. The Bertz CT molecular complexity index is 2280. The Morgan fingerprint density at radius 1 is 0.364 bits per heavy atom. The van der Waals surface area contributed by atoms with Crippen molar-refractivity contribution in [2.75, 3.05) is 13.6 Å². The number of fused-ring (bicyclic) bond motifs is 1. The summed E-state index contributed by atoms with van der Waals surface area (Å²) in [7, 11) is 1.35. The Morgan fingerprint density at radius 2 is 0.597 bits per heavy atom. The molecule has 0 saturated carbocycles. The van der Waals surface area contributed by atoms with E-state index in [4.69, 9.17) is 0 Å². The van der Waals surface area contributed by atoms with Crippen LogP contribution in [-0.2, 0) is 71.9 Å². The Hall–Kier alpha value is -7.95. The van der Waals surface area contributed by atoms with Crippen molar-refractivity contribution in [2.45, 2.75) is 193 Å². The quantitative estimate of drug-likeness (QED) is 0.125. The minimum Gasteiger partial charge on any atom is -0.359 e. The van der Waals surface area contributed by atoms with Gasteiger partial charge in [-0.05, 0) is 102 Å². The number of carbonyl (C=O) groups is 15. The number of hydrogen-bond donors (Lipinski definition) is 14. The molecule has 2 saturated heterocycles. The molecule has 0 aromatic heterocycles. The van der Waals surface area contributed by atoms with E-state index in [9.17, 15) is 71.9 Å². The van der Waals surface area contributed by atoms with Gasteiger partial charge in [0.15, 0.2) is 0 Å². The molecule has 2 fully saturated rings. The molecule has 77 heavy (non-hydrogen) atoms. The SMILES string of the molecule is CNC(=O)CC[C@@H]1NC(=O)[C@H](C)NC(=O)[C@H](C)NC(=O)[C@H](C)NC(=O)[C@H](C)NC(=O)[C@H](C)NC(=O)[C@@H]2CCCN2C(=O)[C@H](C)NC(=O)[C@H](C)NC(=O)[C@H](C)NC(=O)[C@H](C)NC(=O)[C@H](C)NC(=O)[C@H](C)NC(=O)[C@H](C)NC1=O. The van der Waals surface area contributed by atoms with E-state index in [1.165, 1.54) is 95.0 Å². The molecule has 430 valence electrons. The Balaban J connectivity index is 2.33. The van der Waals surface area contributed by atoms with E-state index in [-0.39, 0.29) is 25.8 Å². The number of hydrogen-bond acceptors (Lipinski definition) is 15. The molecule has 0 spiro atoms. The topological polar surface area (TPSA) is 428 Å². The molecule has 14 atom stereocenters. The van der Waals surface area contributed by atoms with E-state index >= 15 is 0 Å². The highest BCUT2D eigenvalue weighted by Crippen LogP contribution is 2.19. The van der Waals surface area contributed by atoms with E-state index in [0.717, 1.165) is 0 Å². The van der Waals surface area contributed by atoms with E-state index in [0.29, 0.717) is 6.42 Å². The molecule has 0 unspecified atom stereocenters. The molecule has 2 aliphatic heterocycles. The molecule has 2 heterocycles. The van der Waals surface area contributed by atoms with Crippen molar-refractivity contribution in [2.24, 2.45) is 0 Å². The fraction of sp³-hybridized carbons (Fsp3) is 0.681. The summed E-state index contributed by atoms with van der Waals surface area (Å²) in [5.41, 5.74) is 0. The molecule has 15 amide bonds. The molecule has 0 aliphatic carbocycles. The first-order valence-electron chi connectivity index (χ1n) is 25.3. The Kier molecular flexibility index (Phi) is 25.4. The van der Waals surface area contributed by atoms with Crippen molar-refractivity contribution in [3.05, 3.63) is 0 Å². The maximum absolute atomic E-state index is 13.5. The second-order valence-corrected chi connectivity index (χ2v) is 19.2. The summed E-state index contributed by atoms with van der Waals surface area (Å²) >= 11 is 0. The third-order valence-corrected chi connectivity index (χ3v) is 12.4. The molecule has 2 aliphatic rings. The Labute approximate surface area is 445 Å². The monoisotopic (exact) mass is 1090 g/mol. The van der Waals surface area contributed by atoms with Crippen LogP contribution in [0.2, 0.25) is 0 Å². The van der Waals surface area contributed by atoms with E-state index in [2.05, 4.69) is 74.4 Å². The molecule has 0 aromatic rings. The van der Waals surface area contributed by atoms with Gasteiger partial charge in [0.05, 0.1) is 0 Å². The van der Waals surface area contributed by atoms with Crippen molar-refractivity contribution in [1.82, 2.24) is 79.3 Å². The zero-order valence-electron chi connectivity index (χ0n) is 45.7. The van der Waals surface area contributed by atoms with Crippen molar-refractivity contribution >= 4 is 88.6 Å². The van der Waals surface area contributed by atoms with Crippen LogP contribution in [0.4, 0.5) is 0 Å². The maximum atomic E-state index is 13.5. The van der Waals surface area contributed by atoms with Crippen LogP contribution in [0, 0.1) is 0 Å². The summed E-state index contributed by atoms with van der Waals surface area (Å²) < 4.78 is 0. The predicted octanol–water partition coefficient (Wildman–Crippen LogP) is -6.94. The molecule has 0 radical (unpaired) electrons. The summed E-state index contributed by atoms with van der Waals surface area (Å²) in [5, 5.41) is 33.9. The Morgan fingerprint density at radius 3 is 0.870 bits per heavy atom. The van der Waals surface area contributed by atoms with Gasteiger partial charge in [0.1, 0.15) is 84.6 Å². The second kappa shape index (κ2) is 30.0. The van der Waals surface area contributed by atoms with E-state index < -0.39 is 173 Å². The molecule has 30 heteroatoms. The average molecular weight is 1090 g/mol. The molecule has 2 rings (SSSR count). The van der Waals surface area contributed by atoms with E-state index in [1.807, 2.05) is 0 Å². The van der Waals surface area contributed by atoms with Gasteiger partial charge in [-0.15, -0.1) is 0 Å². The predicted molar refractivity (Wildman–Crippen MR) is 271 cm³/mol. The largest absolute Gasteiger partial charge is 0.359 e. The van der Waals surface area contributed by atoms with Crippen molar-refractivity contribution in [1.29, 1.82) is 0 Å². The summed E-state index contributed by atoms with van der Waals surface area (Å²) in [4.78, 5) is 198. The highest BCUT2D eigenvalue weighted by atomic mass is 16.2. The minimum absolute atomic E-state index is 0.138. The van der Waals surface area contributed by atoms with Crippen LogP contribution in [0.3, 0.4) is 0 Å². The number of nitrogens with one attached hydrogen (secondary N) is 14. The summed E-state index contributed by atoms with van der Waals surface area (Å²) in [6.45, 7) is 15.8. The fourth-order valence-corrected chi connectivity index (χ4v) is 7.31. The minimum atomic E-state index is -1.44. The van der Waals surface area contributed by atoms with Crippen molar-refractivity contribution < 1.29 is 71.9 Å². The second-order valence-electron chi connectivity index (χ2n) is 19.2. The molecular weight excluding hydrogens is 1010 g/mol. The first-order valence-corrected chi connectivity index (χ1v) is 25.3. The molecule has 0 bridgehead atoms. The highest BCUT2D eigenvalue weighted by molar-refractivity contribution is 6.00. The third-order valence-electron chi connectivity index (χ3n) is 12.4. The number of nitrogens with zero attached hydrogens (tertiary/aromatic N) is 1. The van der Waals surface area contributed by atoms with E-state index in [1.54, 1.807) is 0 Å². The summed E-state index contributed by atoms with van der Waals surface area (Å²) in [6.07, 6.45) is 0.0957. The lowest BCUT2D eigenvalue weighted by Gasteiger charge is -2.29. The average Bonchev–Trinajstić information content (AvgIpc) is 3.86. The molecular formula is C47H77N15O15. The zero-order valence-corrected chi connectivity index (χ0v) is 45.7. The summed E-state index contributed by atoms with van der Waals surface area (Å²) in [6, 6.07) is -17.7. The molecule has 30 nitrogen and oxygen atoms in total. The van der Waals surface area contributed by atoms with Crippen molar-refractivity contribution in [3.8, 4) is 0 Å².